The van der Waals surface area contributed by atoms with E-state index >= 15 is 0 Å². The minimum absolute atomic E-state index is 0.356. The van der Waals surface area contributed by atoms with Gasteiger partial charge in [0.1, 0.15) is 18.1 Å². The molecule has 1 heterocycles. The number of esters is 1. The van der Waals surface area contributed by atoms with Crippen LogP contribution >= 0.6 is 0 Å². The highest BCUT2D eigenvalue weighted by Crippen LogP contribution is 2.25. The first-order valence-electron chi connectivity index (χ1n) is 7.73. The molecule has 1 aliphatic rings. The number of carbonyl (C=O) groups is 1. The second-order valence-corrected chi connectivity index (χ2v) is 5.20. The van der Waals surface area contributed by atoms with Crippen molar-refractivity contribution >= 4 is 12.0 Å². The zero-order chi connectivity index (χ0) is 16.5. The summed E-state index contributed by atoms with van der Waals surface area (Å²) < 4.78 is 15.7. The number of hydrogen-bond acceptors (Lipinski definition) is 6. The van der Waals surface area contributed by atoms with Crippen LogP contribution in [0.25, 0.3) is 6.08 Å². The zero-order valence-corrected chi connectivity index (χ0v) is 13.7. The lowest BCUT2D eigenvalue weighted by atomic mass is 10.1. The molecule has 0 bridgehead atoms. The third-order valence-electron chi connectivity index (χ3n) is 3.70. The topological polar surface area (TPSA) is 60.0 Å². The van der Waals surface area contributed by atoms with E-state index in [1.807, 2.05) is 12.1 Å². The van der Waals surface area contributed by atoms with E-state index in [0.29, 0.717) is 18.1 Å². The Morgan fingerprint density at radius 1 is 1.26 bits per heavy atom. The Bertz CT molecular complexity index is 539. The molecule has 1 fully saturated rings. The fourth-order valence-electron chi connectivity index (χ4n) is 2.39. The predicted molar refractivity (Wildman–Crippen MR) is 88.8 cm³/mol. The molecular formula is C17H24N2O4. The Hall–Kier alpha value is -2.05. The number of carbonyl (C=O) groups excluding carboxylic acids is 1. The number of rotatable bonds is 7. The molecule has 0 aliphatic carbocycles. The summed E-state index contributed by atoms with van der Waals surface area (Å²) in [5.74, 6) is 1.03. The second kappa shape index (κ2) is 9.17. The van der Waals surface area contributed by atoms with Gasteiger partial charge in [-0.15, -0.1) is 0 Å². The molecule has 1 aromatic rings. The van der Waals surface area contributed by atoms with Crippen LogP contribution in [0.4, 0.5) is 0 Å². The van der Waals surface area contributed by atoms with Gasteiger partial charge in [-0.2, -0.15) is 0 Å². The van der Waals surface area contributed by atoms with Gasteiger partial charge in [-0.3, -0.25) is 4.90 Å². The summed E-state index contributed by atoms with van der Waals surface area (Å²) in [6.45, 7) is 5.14. The minimum atomic E-state index is -0.356. The summed E-state index contributed by atoms with van der Waals surface area (Å²) in [5.41, 5.74) is 0.769. The molecule has 1 aromatic carbocycles. The fourth-order valence-corrected chi connectivity index (χ4v) is 2.39. The molecule has 1 N–H and O–H groups in total. The first kappa shape index (κ1) is 17.3. The van der Waals surface area contributed by atoms with Crippen LogP contribution in [0.2, 0.25) is 0 Å². The quantitative estimate of drug-likeness (QED) is 0.601. The lowest BCUT2D eigenvalue weighted by Gasteiger charge is -2.26. The first-order chi connectivity index (χ1) is 11.2. The maximum Gasteiger partial charge on any atom is 0.330 e. The third kappa shape index (κ3) is 5.58. The van der Waals surface area contributed by atoms with Crippen LogP contribution in [0.15, 0.2) is 24.3 Å². The minimum Gasteiger partial charge on any atom is -0.497 e. The van der Waals surface area contributed by atoms with Gasteiger partial charge in [0.2, 0.25) is 0 Å². The average Bonchev–Trinajstić information content (AvgIpc) is 2.60. The van der Waals surface area contributed by atoms with Gasteiger partial charge < -0.3 is 19.5 Å². The molecule has 126 valence electrons. The molecule has 0 spiro atoms. The van der Waals surface area contributed by atoms with Gasteiger partial charge in [-0.05, 0) is 24.3 Å². The Morgan fingerprint density at radius 3 is 2.74 bits per heavy atom. The van der Waals surface area contributed by atoms with E-state index < -0.39 is 0 Å². The van der Waals surface area contributed by atoms with Crippen molar-refractivity contribution in [1.82, 2.24) is 10.2 Å². The molecule has 1 aliphatic heterocycles. The van der Waals surface area contributed by atoms with Gasteiger partial charge in [0.15, 0.2) is 0 Å². The zero-order valence-electron chi connectivity index (χ0n) is 13.7. The maximum absolute atomic E-state index is 11.8. The van der Waals surface area contributed by atoms with Gasteiger partial charge in [0, 0.05) is 44.4 Å². The van der Waals surface area contributed by atoms with Crippen molar-refractivity contribution in [3.05, 3.63) is 29.8 Å². The van der Waals surface area contributed by atoms with Gasteiger partial charge in [0.25, 0.3) is 0 Å². The Balaban J connectivity index is 1.83. The average molecular weight is 320 g/mol. The van der Waals surface area contributed by atoms with E-state index in [1.54, 1.807) is 26.4 Å². The maximum atomic E-state index is 11.8. The number of piperazine rings is 1. The van der Waals surface area contributed by atoms with E-state index in [-0.39, 0.29) is 5.97 Å². The lowest BCUT2D eigenvalue weighted by molar-refractivity contribution is -0.138. The number of ether oxygens (including phenoxy) is 3. The van der Waals surface area contributed by atoms with Crippen LogP contribution in [0.5, 0.6) is 11.5 Å². The molecule has 0 radical (unpaired) electrons. The van der Waals surface area contributed by atoms with Gasteiger partial charge in [-0.25, -0.2) is 4.79 Å². The number of nitrogens with one attached hydrogen (secondary N) is 1. The number of hydrogen-bond donors (Lipinski definition) is 1. The molecule has 0 aromatic heterocycles. The van der Waals surface area contributed by atoms with E-state index in [0.717, 1.165) is 38.3 Å². The molecule has 0 saturated carbocycles. The predicted octanol–water partition coefficient (Wildman–Crippen LogP) is 1.17. The summed E-state index contributed by atoms with van der Waals surface area (Å²) in [4.78, 5) is 14.1. The van der Waals surface area contributed by atoms with Crippen molar-refractivity contribution in [2.45, 2.75) is 0 Å². The smallest absolute Gasteiger partial charge is 0.330 e. The van der Waals surface area contributed by atoms with Crippen molar-refractivity contribution in [2.75, 3.05) is 53.6 Å². The molecule has 2 rings (SSSR count). The van der Waals surface area contributed by atoms with Gasteiger partial charge >= 0.3 is 5.97 Å². The first-order valence-corrected chi connectivity index (χ1v) is 7.73. The molecule has 0 unspecified atom stereocenters. The highest BCUT2D eigenvalue weighted by molar-refractivity contribution is 5.87. The largest absolute Gasteiger partial charge is 0.497 e. The van der Waals surface area contributed by atoms with E-state index in [9.17, 15) is 4.79 Å². The Kier molecular flexibility index (Phi) is 6.90. The van der Waals surface area contributed by atoms with Gasteiger partial charge in [0.05, 0.1) is 14.2 Å². The number of benzene rings is 1. The van der Waals surface area contributed by atoms with E-state index in [1.165, 1.54) is 6.08 Å². The van der Waals surface area contributed by atoms with Crippen molar-refractivity contribution in [2.24, 2.45) is 0 Å². The van der Waals surface area contributed by atoms with E-state index in [4.69, 9.17) is 14.2 Å². The van der Waals surface area contributed by atoms with Crippen LogP contribution in [0.3, 0.4) is 0 Å². The van der Waals surface area contributed by atoms with Crippen molar-refractivity contribution < 1.29 is 19.0 Å². The van der Waals surface area contributed by atoms with Crippen molar-refractivity contribution in [3.63, 3.8) is 0 Å². The van der Waals surface area contributed by atoms with Crippen LogP contribution < -0.4 is 14.8 Å². The summed E-state index contributed by atoms with van der Waals surface area (Å²) >= 11 is 0. The van der Waals surface area contributed by atoms with Crippen molar-refractivity contribution in [1.29, 1.82) is 0 Å². The summed E-state index contributed by atoms with van der Waals surface area (Å²) in [5, 5.41) is 3.29. The van der Waals surface area contributed by atoms with Crippen LogP contribution in [-0.2, 0) is 9.53 Å². The third-order valence-corrected chi connectivity index (χ3v) is 3.70. The molecular weight excluding hydrogens is 296 g/mol. The number of nitrogens with zero attached hydrogens (tertiary/aromatic N) is 1. The SMILES string of the molecule is COc1ccc(OC)c(/C=C/C(=O)OCCN2CCNCC2)c1. The highest BCUT2D eigenvalue weighted by Gasteiger charge is 2.09. The monoisotopic (exact) mass is 320 g/mol. The second-order valence-electron chi connectivity index (χ2n) is 5.20. The number of methoxy groups -OCH3 is 2. The summed E-state index contributed by atoms with van der Waals surface area (Å²) in [6.07, 6.45) is 3.09. The fraction of sp³-hybridized carbons (Fsp3) is 0.471. The molecule has 0 atom stereocenters. The summed E-state index contributed by atoms with van der Waals surface area (Å²) in [7, 11) is 3.19. The molecule has 1 saturated heterocycles. The lowest BCUT2D eigenvalue weighted by Crippen LogP contribution is -2.44. The van der Waals surface area contributed by atoms with Crippen molar-refractivity contribution in [3.8, 4) is 11.5 Å². The molecule has 23 heavy (non-hydrogen) atoms. The van der Waals surface area contributed by atoms with Gasteiger partial charge in [-0.1, -0.05) is 0 Å². The Labute approximate surface area is 137 Å². The van der Waals surface area contributed by atoms with Crippen LogP contribution in [0, 0.1) is 0 Å². The molecule has 6 nitrogen and oxygen atoms in total. The van der Waals surface area contributed by atoms with E-state index in [2.05, 4.69) is 10.2 Å². The standard InChI is InChI=1S/C17H24N2O4/c1-21-15-4-5-16(22-2)14(13-15)3-6-17(20)23-12-11-19-9-7-18-8-10-19/h3-6,13,18H,7-12H2,1-2H3/b6-3+. The molecule has 0 amide bonds. The highest BCUT2D eigenvalue weighted by atomic mass is 16.5. The van der Waals surface area contributed by atoms with Crippen LogP contribution in [-0.4, -0.2) is 64.4 Å². The van der Waals surface area contributed by atoms with Crippen LogP contribution in [0.1, 0.15) is 5.56 Å². The summed E-state index contributed by atoms with van der Waals surface area (Å²) in [6, 6.07) is 5.42. The molecule has 6 heteroatoms. The Morgan fingerprint density at radius 2 is 2.04 bits per heavy atom. The normalized spacial score (nSPS) is 15.6.